The van der Waals surface area contributed by atoms with Gasteiger partial charge in [-0.3, -0.25) is 10.1 Å². The molecule has 0 saturated heterocycles. The zero-order valence-corrected chi connectivity index (χ0v) is 10.2. The number of nitro groups is 1. The number of rotatable bonds is 3. The molecule has 0 aliphatic heterocycles. The molecule has 2 rings (SSSR count). The molecule has 0 amide bonds. The fourth-order valence-corrected chi connectivity index (χ4v) is 1.77. The van der Waals surface area contributed by atoms with Crippen LogP contribution in [0.15, 0.2) is 22.7 Å². The molecule has 0 spiro atoms. The first kappa shape index (κ1) is 12.7. The first-order chi connectivity index (χ1) is 8.91. The zero-order valence-electron chi connectivity index (χ0n) is 10.2. The third kappa shape index (κ3) is 2.17. The van der Waals surface area contributed by atoms with Crippen molar-refractivity contribution in [3.63, 3.8) is 0 Å². The van der Waals surface area contributed by atoms with Crippen molar-refractivity contribution in [2.24, 2.45) is 0 Å². The van der Waals surface area contributed by atoms with Crippen LogP contribution in [0.4, 0.5) is 5.69 Å². The van der Waals surface area contributed by atoms with E-state index in [2.05, 4.69) is 5.16 Å². The van der Waals surface area contributed by atoms with Gasteiger partial charge in [0, 0.05) is 17.2 Å². The van der Waals surface area contributed by atoms with Crippen LogP contribution < -0.4 is 0 Å². The minimum Gasteiger partial charge on any atom is -0.477 e. The van der Waals surface area contributed by atoms with Gasteiger partial charge in [0.25, 0.3) is 5.69 Å². The van der Waals surface area contributed by atoms with Crippen LogP contribution in [0.2, 0.25) is 0 Å². The van der Waals surface area contributed by atoms with E-state index < -0.39 is 10.9 Å². The molecule has 0 radical (unpaired) electrons. The number of hydrogen-bond donors (Lipinski definition) is 1. The number of nitro benzene ring substituents is 1. The molecule has 1 N–H and O–H groups in total. The Morgan fingerprint density at radius 2 is 2.11 bits per heavy atom. The summed E-state index contributed by atoms with van der Waals surface area (Å²) in [5.74, 6) is -1.03. The predicted molar refractivity (Wildman–Crippen MR) is 65.0 cm³/mol. The number of nitrogens with zero attached hydrogens (tertiary/aromatic N) is 2. The van der Waals surface area contributed by atoms with Gasteiger partial charge in [-0.15, -0.1) is 0 Å². The first-order valence-electron chi connectivity index (χ1n) is 5.36. The van der Waals surface area contributed by atoms with Crippen LogP contribution in [0, 0.1) is 24.0 Å². The first-order valence-corrected chi connectivity index (χ1v) is 5.36. The van der Waals surface area contributed by atoms with Gasteiger partial charge in [-0.25, -0.2) is 4.79 Å². The molecule has 98 valence electrons. The van der Waals surface area contributed by atoms with E-state index in [1.165, 1.54) is 13.0 Å². The molecule has 2 aromatic rings. The molecule has 0 bridgehead atoms. The van der Waals surface area contributed by atoms with E-state index in [1.54, 1.807) is 19.1 Å². The average molecular weight is 262 g/mol. The number of carboxylic acids is 1. The van der Waals surface area contributed by atoms with E-state index in [0.29, 0.717) is 11.1 Å². The lowest BCUT2D eigenvalue weighted by molar-refractivity contribution is -0.385. The Morgan fingerprint density at radius 3 is 2.68 bits per heavy atom. The molecule has 7 heteroatoms. The summed E-state index contributed by atoms with van der Waals surface area (Å²) < 4.78 is 4.84. The summed E-state index contributed by atoms with van der Waals surface area (Å²) in [5, 5.41) is 23.6. The summed E-state index contributed by atoms with van der Waals surface area (Å²) in [6, 6.07) is 4.41. The molecule has 1 heterocycles. The van der Waals surface area contributed by atoms with Gasteiger partial charge < -0.3 is 9.63 Å². The van der Waals surface area contributed by atoms with Crippen molar-refractivity contribution < 1.29 is 19.3 Å². The Hall–Kier alpha value is -2.70. The summed E-state index contributed by atoms with van der Waals surface area (Å²) in [5.41, 5.74) is 0.748. The van der Waals surface area contributed by atoms with Crippen LogP contribution in [-0.4, -0.2) is 21.2 Å². The van der Waals surface area contributed by atoms with Gasteiger partial charge in [0.2, 0.25) is 0 Å². The van der Waals surface area contributed by atoms with Crippen LogP contribution in [0.1, 0.15) is 21.7 Å². The van der Waals surface area contributed by atoms with E-state index in [9.17, 15) is 14.9 Å². The van der Waals surface area contributed by atoms with Crippen molar-refractivity contribution in [1.82, 2.24) is 5.16 Å². The monoisotopic (exact) mass is 262 g/mol. The molecule has 1 aromatic carbocycles. The number of aryl methyl sites for hydroxylation is 2. The smallest absolute Gasteiger partial charge is 0.341 e. The van der Waals surface area contributed by atoms with E-state index >= 15 is 0 Å². The van der Waals surface area contributed by atoms with E-state index in [4.69, 9.17) is 9.63 Å². The number of carbonyl (C=O) groups is 1. The van der Waals surface area contributed by atoms with Crippen molar-refractivity contribution in [2.45, 2.75) is 13.8 Å². The fourth-order valence-electron chi connectivity index (χ4n) is 1.77. The van der Waals surface area contributed by atoms with Gasteiger partial charge in [-0.05, 0) is 13.8 Å². The number of carboxylic acid groups (broad SMARTS) is 1. The molecule has 0 atom stereocenters. The summed E-state index contributed by atoms with van der Waals surface area (Å²) >= 11 is 0. The van der Waals surface area contributed by atoms with E-state index in [0.717, 1.165) is 0 Å². The molecule has 7 nitrogen and oxygen atoms in total. The van der Waals surface area contributed by atoms with Crippen LogP contribution in [-0.2, 0) is 0 Å². The SMILES string of the molecule is Cc1ccc(-c2noc(C)c2C(=O)O)cc1[N+](=O)[O-]. The quantitative estimate of drug-likeness (QED) is 0.672. The van der Waals surface area contributed by atoms with Crippen LogP contribution >= 0.6 is 0 Å². The lowest BCUT2D eigenvalue weighted by Gasteiger charge is -2.01. The highest BCUT2D eigenvalue weighted by Crippen LogP contribution is 2.29. The van der Waals surface area contributed by atoms with Gasteiger partial charge in [0.15, 0.2) is 0 Å². The number of hydrogen-bond acceptors (Lipinski definition) is 5. The predicted octanol–water partition coefficient (Wildman–Crippen LogP) is 2.56. The summed E-state index contributed by atoms with van der Waals surface area (Å²) in [7, 11) is 0. The van der Waals surface area contributed by atoms with Crippen LogP contribution in [0.3, 0.4) is 0 Å². The topological polar surface area (TPSA) is 106 Å². The molecule has 19 heavy (non-hydrogen) atoms. The van der Waals surface area contributed by atoms with Gasteiger partial charge in [0.1, 0.15) is 17.0 Å². The second kappa shape index (κ2) is 4.52. The minimum atomic E-state index is -1.18. The highest BCUT2D eigenvalue weighted by atomic mass is 16.6. The molecule has 0 fully saturated rings. The van der Waals surface area contributed by atoms with Crippen molar-refractivity contribution in [3.8, 4) is 11.3 Å². The maximum absolute atomic E-state index is 11.1. The standard InChI is InChI=1S/C12H10N2O5/c1-6-3-4-8(5-9(6)14(17)18)11-10(12(15)16)7(2)19-13-11/h3-5H,1-2H3,(H,15,16). The third-order valence-electron chi connectivity index (χ3n) is 2.76. The van der Waals surface area contributed by atoms with Crippen molar-refractivity contribution in [2.75, 3.05) is 0 Å². The second-order valence-corrected chi connectivity index (χ2v) is 4.03. The number of aromatic carboxylic acids is 1. The second-order valence-electron chi connectivity index (χ2n) is 4.03. The number of aromatic nitrogens is 1. The molecular formula is C12H10N2O5. The maximum Gasteiger partial charge on any atom is 0.341 e. The molecule has 1 aromatic heterocycles. The summed E-state index contributed by atoms with van der Waals surface area (Å²) in [6.07, 6.45) is 0. The van der Waals surface area contributed by atoms with Crippen LogP contribution in [0.5, 0.6) is 0 Å². The van der Waals surface area contributed by atoms with Crippen molar-refractivity contribution in [1.29, 1.82) is 0 Å². The Labute approximate surface area is 107 Å². The largest absolute Gasteiger partial charge is 0.477 e. The van der Waals surface area contributed by atoms with Gasteiger partial charge >= 0.3 is 5.97 Å². The molecular weight excluding hydrogens is 252 g/mol. The van der Waals surface area contributed by atoms with Gasteiger partial charge in [0.05, 0.1) is 4.92 Å². The van der Waals surface area contributed by atoms with Crippen LogP contribution in [0.25, 0.3) is 11.3 Å². The Bertz CT molecular complexity index is 675. The van der Waals surface area contributed by atoms with E-state index in [1.807, 2.05) is 0 Å². The normalized spacial score (nSPS) is 10.4. The lowest BCUT2D eigenvalue weighted by atomic mass is 10.0. The molecule has 0 aliphatic rings. The van der Waals surface area contributed by atoms with Crippen molar-refractivity contribution in [3.05, 3.63) is 45.2 Å². The Balaban J connectivity index is 2.63. The van der Waals surface area contributed by atoms with Crippen molar-refractivity contribution >= 4 is 11.7 Å². The highest BCUT2D eigenvalue weighted by molar-refractivity contribution is 5.95. The summed E-state index contributed by atoms with van der Waals surface area (Å²) in [6.45, 7) is 3.08. The zero-order chi connectivity index (χ0) is 14.2. The van der Waals surface area contributed by atoms with Gasteiger partial charge in [-0.1, -0.05) is 17.3 Å². The average Bonchev–Trinajstić information content (AvgIpc) is 2.71. The molecule has 0 aliphatic carbocycles. The maximum atomic E-state index is 11.1. The molecule has 0 saturated carbocycles. The lowest BCUT2D eigenvalue weighted by Crippen LogP contribution is -2.00. The number of benzene rings is 1. The molecule has 0 unspecified atom stereocenters. The van der Waals surface area contributed by atoms with E-state index in [-0.39, 0.29) is 22.7 Å². The fraction of sp³-hybridized carbons (Fsp3) is 0.167. The Morgan fingerprint density at radius 1 is 1.42 bits per heavy atom. The van der Waals surface area contributed by atoms with Gasteiger partial charge in [-0.2, -0.15) is 0 Å². The summed E-state index contributed by atoms with van der Waals surface area (Å²) in [4.78, 5) is 21.5. The Kier molecular flexibility index (Phi) is 3.04. The third-order valence-corrected chi connectivity index (χ3v) is 2.76. The highest BCUT2D eigenvalue weighted by Gasteiger charge is 2.22. The minimum absolute atomic E-state index is 0.0850.